The Balaban J connectivity index is 1.89. The molecule has 0 radical (unpaired) electrons. The maximum Gasteiger partial charge on any atom is 0.192 e. The molecule has 194 valence electrons. The fourth-order valence-corrected chi connectivity index (χ4v) is 8.30. The van der Waals surface area contributed by atoms with Gasteiger partial charge < -0.3 is 8.85 Å². The molecule has 5 heteroatoms. The maximum absolute atomic E-state index is 12.9. The number of Topliss-reactive ketones (excluding diaryl/α,β-unsaturated/α-hetero) is 1. The minimum Gasteiger partial charge on any atom is -0.413 e. The summed E-state index contributed by atoms with van der Waals surface area (Å²) in [6.07, 6.45) is 12.0. The van der Waals surface area contributed by atoms with Crippen molar-refractivity contribution in [3.8, 4) is 0 Å². The van der Waals surface area contributed by atoms with Crippen molar-refractivity contribution in [3.05, 3.63) is 24.3 Å². The minimum absolute atomic E-state index is 0.0863. The lowest BCUT2D eigenvalue weighted by Crippen LogP contribution is -2.45. The molecule has 0 spiro atoms. The molecule has 3 aliphatic carbocycles. The summed E-state index contributed by atoms with van der Waals surface area (Å²) in [7, 11) is -3.82. The van der Waals surface area contributed by atoms with Crippen LogP contribution in [0.1, 0.15) is 80.1 Å². The highest BCUT2D eigenvalue weighted by molar-refractivity contribution is 6.74. The second kappa shape index (κ2) is 9.76. The van der Waals surface area contributed by atoms with Gasteiger partial charge in [-0.2, -0.15) is 0 Å². The van der Waals surface area contributed by atoms with Crippen LogP contribution in [0.5, 0.6) is 0 Å². The van der Waals surface area contributed by atoms with Crippen molar-refractivity contribution in [2.24, 2.45) is 23.7 Å². The molecule has 3 aliphatic rings. The molecule has 3 nitrogen and oxygen atoms in total. The summed E-state index contributed by atoms with van der Waals surface area (Å²) in [5.74, 6) is 1.60. The number of allylic oxidation sites excluding steroid dienone is 1. The SMILES string of the molecule is C=C1C[C@H]2[C@H](C=C[C@@H](O[Si](C)(C)C(C)(C)C)C3CCCC3)[C@H](O[Si](C)(C)C(C)(C)C)C[C@@H]2C1=O. The van der Waals surface area contributed by atoms with E-state index in [9.17, 15) is 4.79 Å². The largest absolute Gasteiger partial charge is 0.413 e. The van der Waals surface area contributed by atoms with E-state index in [2.05, 4.69) is 86.5 Å². The fourth-order valence-electron chi connectivity index (χ4n) is 5.64. The van der Waals surface area contributed by atoms with Crippen molar-refractivity contribution in [3.63, 3.8) is 0 Å². The Bertz CT molecular complexity index is 793. The van der Waals surface area contributed by atoms with Crippen LogP contribution in [-0.2, 0) is 13.6 Å². The topological polar surface area (TPSA) is 35.5 Å². The smallest absolute Gasteiger partial charge is 0.192 e. The lowest BCUT2D eigenvalue weighted by Gasteiger charge is -2.41. The Morgan fingerprint density at radius 1 is 0.971 bits per heavy atom. The van der Waals surface area contributed by atoms with E-state index in [1.165, 1.54) is 25.7 Å². The van der Waals surface area contributed by atoms with Gasteiger partial charge in [0, 0.05) is 11.8 Å². The van der Waals surface area contributed by atoms with Gasteiger partial charge >= 0.3 is 0 Å². The van der Waals surface area contributed by atoms with Gasteiger partial charge in [-0.15, -0.1) is 0 Å². The zero-order chi connectivity index (χ0) is 25.7. The van der Waals surface area contributed by atoms with E-state index >= 15 is 0 Å². The second-order valence-electron chi connectivity index (χ2n) is 14.4. The average molecular weight is 505 g/mol. The molecule has 0 amide bonds. The summed E-state index contributed by atoms with van der Waals surface area (Å²) in [5, 5.41) is 0.351. The molecule has 0 saturated heterocycles. The van der Waals surface area contributed by atoms with E-state index in [0.717, 1.165) is 18.4 Å². The van der Waals surface area contributed by atoms with Crippen LogP contribution in [-0.4, -0.2) is 34.6 Å². The molecular formula is C29H52O3Si2. The summed E-state index contributed by atoms with van der Waals surface area (Å²) >= 11 is 0. The van der Waals surface area contributed by atoms with E-state index in [-0.39, 0.29) is 39.9 Å². The van der Waals surface area contributed by atoms with Gasteiger partial charge in [0.25, 0.3) is 0 Å². The molecule has 0 aromatic carbocycles. The molecule has 0 heterocycles. The predicted molar refractivity (Wildman–Crippen MR) is 149 cm³/mol. The van der Waals surface area contributed by atoms with Crippen LogP contribution in [0.25, 0.3) is 0 Å². The fraction of sp³-hybridized carbons (Fsp3) is 0.828. The van der Waals surface area contributed by atoms with Crippen LogP contribution in [0, 0.1) is 23.7 Å². The average Bonchev–Trinajstić information content (AvgIpc) is 3.37. The Labute approximate surface area is 212 Å². The van der Waals surface area contributed by atoms with Crippen molar-refractivity contribution >= 4 is 22.4 Å². The molecule has 34 heavy (non-hydrogen) atoms. The molecule has 0 N–H and O–H groups in total. The summed E-state index contributed by atoms with van der Waals surface area (Å²) in [6.45, 7) is 27.4. The molecule has 3 fully saturated rings. The molecular weight excluding hydrogens is 452 g/mol. The van der Waals surface area contributed by atoms with Gasteiger partial charge in [-0.1, -0.05) is 73.1 Å². The van der Waals surface area contributed by atoms with Gasteiger partial charge in [0.05, 0.1) is 12.2 Å². The highest BCUT2D eigenvalue weighted by Crippen LogP contribution is 2.51. The van der Waals surface area contributed by atoms with Crippen LogP contribution in [0.2, 0.25) is 36.3 Å². The molecule has 0 aliphatic heterocycles. The van der Waals surface area contributed by atoms with Crippen molar-refractivity contribution in [2.75, 3.05) is 0 Å². The first kappa shape index (κ1) is 28.1. The van der Waals surface area contributed by atoms with Gasteiger partial charge in [0.1, 0.15) is 0 Å². The van der Waals surface area contributed by atoms with Crippen molar-refractivity contribution in [2.45, 2.75) is 129 Å². The van der Waals surface area contributed by atoms with Gasteiger partial charge in [0.2, 0.25) is 0 Å². The molecule has 0 aromatic rings. The van der Waals surface area contributed by atoms with Crippen LogP contribution in [0.3, 0.4) is 0 Å². The third-order valence-electron chi connectivity index (χ3n) is 9.97. The van der Waals surface area contributed by atoms with E-state index in [0.29, 0.717) is 11.8 Å². The third kappa shape index (κ3) is 5.73. The molecule has 3 saturated carbocycles. The first-order valence-corrected chi connectivity index (χ1v) is 19.5. The van der Waals surface area contributed by atoms with E-state index in [1.807, 2.05) is 0 Å². The maximum atomic E-state index is 12.9. The van der Waals surface area contributed by atoms with Gasteiger partial charge in [-0.05, 0) is 79.4 Å². The van der Waals surface area contributed by atoms with E-state index in [1.54, 1.807) is 0 Å². The Morgan fingerprint density at radius 3 is 2.06 bits per heavy atom. The lowest BCUT2D eigenvalue weighted by molar-refractivity contribution is -0.118. The van der Waals surface area contributed by atoms with Gasteiger partial charge in [-0.25, -0.2) is 0 Å². The normalized spacial score (nSPS) is 30.5. The van der Waals surface area contributed by atoms with E-state index in [4.69, 9.17) is 8.85 Å². The molecule has 5 atom stereocenters. The predicted octanol–water partition coefficient (Wildman–Crippen LogP) is 8.29. The monoisotopic (exact) mass is 504 g/mol. The number of fused-ring (bicyclic) bond motifs is 1. The molecule has 3 rings (SSSR count). The van der Waals surface area contributed by atoms with Gasteiger partial charge in [-0.3, -0.25) is 4.79 Å². The standard InChI is InChI=1S/C29H52O3Si2/c1-20-18-23-22(26(19-24(23)27(20)30)32-34(10,11)29(5,6)7)16-17-25(21-14-12-13-15-21)31-33(8,9)28(2,3)4/h16-17,21-26H,1,12-15,18-19H2,2-11H3/t22-,23-,24-,25+,26+/m0/s1. The lowest BCUT2D eigenvalue weighted by atomic mass is 9.89. The third-order valence-corrected chi connectivity index (χ3v) is 18.9. The number of carbonyl (C=O) groups excluding carboxylic acids is 1. The van der Waals surface area contributed by atoms with Crippen molar-refractivity contribution in [1.29, 1.82) is 0 Å². The summed E-state index contributed by atoms with van der Waals surface area (Å²) in [6, 6.07) is 0. The molecule has 0 unspecified atom stereocenters. The van der Waals surface area contributed by atoms with Crippen LogP contribution >= 0.6 is 0 Å². The second-order valence-corrected chi connectivity index (χ2v) is 24.0. The summed E-state index contributed by atoms with van der Waals surface area (Å²) in [5.41, 5.74) is 0.823. The first-order valence-electron chi connectivity index (χ1n) is 13.7. The zero-order valence-electron chi connectivity index (χ0n) is 23.8. The minimum atomic E-state index is -1.94. The molecule has 0 aromatic heterocycles. The number of hydrogen-bond acceptors (Lipinski definition) is 3. The summed E-state index contributed by atoms with van der Waals surface area (Å²) in [4.78, 5) is 12.9. The number of hydrogen-bond donors (Lipinski definition) is 0. The number of ketones is 1. The Morgan fingerprint density at radius 2 is 1.53 bits per heavy atom. The Hall–Kier alpha value is -0.496. The quantitative estimate of drug-likeness (QED) is 0.199. The van der Waals surface area contributed by atoms with Crippen LogP contribution < -0.4 is 0 Å². The number of carbonyl (C=O) groups is 1. The highest BCUT2D eigenvalue weighted by Gasteiger charge is 2.53. The van der Waals surface area contributed by atoms with Crippen LogP contribution in [0.15, 0.2) is 24.3 Å². The zero-order valence-corrected chi connectivity index (χ0v) is 25.8. The highest BCUT2D eigenvalue weighted by atomic mass is 28.4. The van der Waals surface area contributed by atoms with Crippen molar-refractivity contribution in [1.82, 2.24) is 0 Å². The summed E-state index contributed by atoms with van der Waals surface area (Å²) < 4.78 is 14.0. The first-order chi connectivity index (χ1) is 15.4. The van der Waals surface area contributed by atoms with Crippen molar-refractivity contribution < 1.29 is 13.6 Å². The Kier molecular flexibility index (Phi) is 8.06. The van der Waals surface area contributed by atoms with Crippen LogP contribution in [0.4, 0.5) is 0 Å². The van der Waals surface area contributed by atoms with E-state index < -0.39 is 16.6 Å². The number of rotatable bonds is 7. The van der Waals surface area contributed by atoms with Gasteiger partial charge in [0.15, 0.2) is 22.4 Å². The molecule has 0 bridgehead atoms.